The van der Waals surface area contributed by atoms with Gasteiger partial charge in [0, 0.05) is 31.1 Å². The van der Waals surface area contributed by atoms with Crippen molar-refractivity contribution in [3.63, 3.8) is 0 Å². The molecular formula is C19H35N5O. The standard InChI is InChI=1S/C19H35N5O/c1-5-15(6-2)18-12-17(25-23-18)14-22-19(20-7-3)21-13-16-10-9-11-24(16)8-4/h12,15-16H,5-11,13-14H2,1-4H3,(H2,20,21,22). The van der Waals surface area contributed by atoms with Gasteiger partial charge in [-0.25, -0.2) is 4.99 Å². The molecule has 1 aromatic rings. The van der Waals surface area contributed by atoms with Gasteiger partial charge in [0.2, 0.25) is 0 Å². The quantitative estimate of drug-likeness (QED) is 0.530. The highest BCUT2D eigenvalue weighted by atomic mass is 16.5. The van der Waals surface area contributed by atoms with Crippen molar-refractivity contribution < 1.29 is 4.52 Å². The number of likely N-dealkylation sites (tertiary alicyclic amines) is 1. The van der Waals surface area contributed by atoms with Crippen LogP contribution in [0.3, 0.4) is 0 Å². The summed E-state index contributed by atoms with van der Waals surface area (Å²) < 4.78 is 5.47. The number of likely N-dealkylation sites (N-methyl/N-ethyl adjacent to an activating group) is 1. The van der Waals surface area contributed by atoms with Gasteiger partial charge in [0.15, 0.2) is 11.7 Å². The van der Waals surface area contributed by atoms with Crippen LogP contribution in [0, 0.1) is 0 Å². The van der Waals surface area contributed by atoms with Crippen LogP contribution < -0.4 is 10.6 Å². The molecule has 2 heterocycles. The zero-order chi connectivity index (χ0) is 18.1. The molecule has 6 nitrogen and oxygen atoms in total. The molecule has 1 fully saturated rings. The average Bonchev–Trinajstić information content (AvgIpc) is 3.27. The molecule has 1 atom stereocenters. The van der Waals surface area contributed by atoms with Gasteiger partial charge >= 0.3 is 0 Å². The Hall–Kier alpha value is -1.56. The van der Waals surface area contributed by atoms with Gasteiger partial charge in [-0.15, -0.1) is 0 Å². The summed E-state index contributed by atoms with van der Waals surface area (Å²) in [5.41, 5.74) is 1.05. The van der Waals surface area contributed by atoms with E-state index in [9.17, 15) is 0 Å². The Morgan fingerprint density at radius 2 is 2.12 bits per heavy atom. The van der Waals surface area contributed by atoms with E-state index in [0.29, 0.717) is 18.5 Å². The highest BCUT2D eigenvalue weighted by Gasteiger charge is 2.22. The summed E-state index contributed by atoms with van der Waals surface area (Å²) in [6, 6.07) is 2.67. The average molecular weight is 350 g/mol. The lowest BCUT2D eigenvalue weighted by Gasteiger charge is -2.23. The van der Waals surface area contributed by atoms with Gasteiger partial charge in [0.05, 0.1) is 5.69 Å². The molecule has 0 amide bonds. The summed E-state index contributed by atoms with van der Waals surface area (Å²) in [6.07, 6.45) is 4.74. The molecule has 1 aliphatic rings. The minimum Gasteiger partial charge on any atom is -0.359 e. The number of aliphatic imine (C=N–C) groups is 1. The van der Waals surface area contributed by atoms with E-state index in [1.807, 2.05) is 0 Å². The van der Waals surface area contributed by atoms with Gasteiger partial charge in [0.25, 0.3) is 0 Å². The zero-order valence-electron chi connectivity index (χ0n) is 16.3. The Labute approximate surface area is 152 Å². The van der Waals surface area contributed by atoms with E-state index < -0.39 is 0 Å². The minimum absolute atomic E-state index is 0.482. The van der Waals surface area contributed by atoms with E-state index >= 15 is 0 Å². The van der Waals surface area contributed by atoms with Crippen molar-refractivity contribution in [3.05, 3.63) is 17.5 Å². The first kappa shape index (κ1) is 19.8. The van der Waals surface area contributed by atoms with Crippen molar-refractivity contribution in [2.45, 2.75) is 71.9 Å². The van der Waals surface area contributed by atoms with Crippen molar-refractivity contribution in [1.29, 1.82) is 0 Å². The van der Waals surface area contributed by atoms with Crippen LogP contribution in [0.5, 0.6) is 0 Å². The van der Waals surface area contributed by atoms with Gasteiger partial charge in [-0.1, -0.05) is 25.9 Å². The van der Waals surface area contributed by atoms with E-state index in [4.69, 9.17) is 4.52 Å². The summed E-state index contributed by atoms with van der Waals surface area (Å²) in [5, 5.41) is 11.0. The topological polar surface area (TPSA) is 65.7 Å². The first-order valence-electron chi connectivity index (χ1n) is 9.93. The Kier molecular flexibility index (Phi) is 8.25. The third kappa shape index (κ3) is 5.73. The monoisotopic (exact) mass is 349 g/mol. The molecule has 6 heteroatoms. The molecule has 0 spiro atoms. The molecule has 1 aromatic heterocycles. The van der Waals surface area contributed by atoms with E-state index in [0.717, 1.165) is 49.9 Å². The molecule has 2 rings (SSSR count). The van der Waals surface area contributed by atoms with Crippen LogP contribution in [0.1, 0.15) is 70.8 Å². The molecule has 0 aliphatic carbocycles. The van der Waals surface area contributed by atoms with Crippen molar-refractivity contribution in [2.75, 3.05) is 26.2 Å². The molecular weight excluding hydrogens is 314 g/mol. The molecule has 0 aromatic carbocycles. The Balaban J connectivity index is 1.90. The van der Waals surface area contributed by atoms with Crippen molar-refractivity contribution in [1.82, 2.24) is 20.7 Å². The van der Waals surface area contributed by atoms with Gasteiger partial charge in [-0.2, -0.15) is 0 Å². The van der Waals surface area contributed by atoms with Crippen LogP contribution in [0.4, 0.5) is 0 Å². The van der Waals surface area contributed by atoms with Crippen LogP contribution in [-0.2, 0) is 6.54 Å². The maximum absolute atomic E-state index is 5.47. The summed E-state index contributed by atoms with van der Waals surface area (Å²) in [7, 11) is 0. The predicted octanol–water partition coefficient (Wildman–Crippen LogP) is 3.12. The SMILES string of the molecule is CCNC(=NCc1cc(C(CC)CC)no1)NCC1CCCN1CC. The molecule has 0 bridgehead atoms. The third-order valence-electron chi connectivity index (χ3n) is 5.13. The maximum Gasteiger partial charge on any atom is 0.191 e. The second-order valence-electron chi connectivity index (χ2n) is 6.73. The number of nitrogens with zero attached hydrogens (tertiary/aromatic N) is 3. The fourth-order valence-corrected chi connectivity index (χ4v) is 3.56. The number of hydrogen-bond acceptors (Lipinski definition) is 4. The number of guanidine groups is 1. The normalized spacial score (nSPS) is 18.9. The van der Waals surface area contributed by atoms with E-state index in [1.165, 1.54) is 19.4 Å². The second kappa shape index (κ2) is 10.4. The lowest BCUT2D eigenvalue weighted by Crippen LogP contribution is -2.44. The predicted molar refractivity (Wildman–Crippen MR) is 103 cm³/mol. The van der Waals surface area contributed by atoms with Crippen LogP contribution in [0.25, 0.3) is 0 Å². The van der Waals surface area contributed by atoms with Crippen molar-refractivity contribution in [3.8, 4) is 0 Å². The molecule has 1 saturated heterocycles. The van der Waals surface area contributed by atoms with Crippen LogP contribution in [0.15, 0.2) is 15.6 Å². The summed E-state index contributed by atoms with van der Waals surface area (Å²) in [5.74, 6) is 2.16. The summed E-state index contributed by atoms with van der Waals surface area (Å²) in [6.45, 7) is 13.4. The lowest BCUT2D eigenvalue weighted by molar-refractivity contribution is 0.267. The maximum atomic E-state index is 5.47. The van der Waals surface area contributed by atoms with Gasteiger partial charge < -0.3 is 15.2 Å². The van der Waals surface area contributed by atoms with E-state index in [2.05, 4.69) is 59.4 Å². The first-order valence-corrected chi connectivity index (χ1v) is 9.93. The highest BCUT2D eigenvalue weighted by Crippen LogP contribution is 2.22. The number of hydrogen-bond donors (Lipinski definition) is 2. The van der Waals surface area contributed by atoms with E-state index in [-0.39, 0.29) is 0 Å². The fourth-order valence-electron chi connectivity index (χ4n) is 3.56. The third-order valence-corrected chi connectivity index (χ3v) is 5.13. The summed E-state index contributed by atoms with van der Waals surface area (Å²) >= 11 is 0. The molecule has 0 radical (unpaired) electrons. The Bertz CT molecular complexity index is 524. The minimum atomic E-state index is 0.482. The van der Waals surface area contributed by atoms with Crippen molar-refractivity contribution in [2.24, 2.45) is 4.99 Å². The van der Waals surface area contributed by atoms with Crippen LogP contribution in [0.2, 0.25) is 0 Å². The summed E-state index contributed by atoms with van der Waals surface area (Å²) in [4.78, 5) is 7.20. The zero-order valence-corrected chi connectivity index (χ0v) is 16.3. The number of aromatic nitrogens is 1. The second-order valence-corrected chi connectivity index (χ2v) is 6.73. The van der Waals surface area contributed by atoms with Gasteiger partial charge in [-0.05, 0) is 45.7 Å². The lowest BCUT2D eigenvalue weighted by atomic mass is 9.99. The molecule has 142 valence electrons. The van der Waals surface area contributed by atoms with E-state index in [1.54, 1.807) is 0 Å². The Morgan fingerprint density at radius 3 is 2.80 bits per heavy atom. The molecule has 1 aliphatic heterocycles. The van der Waals surface area contributed by atoms with Crippen molar-refractivity contribution >= 4 is 5.96 Å². The van der Waals surface area contributed by atoms with Gasteiger partial charge in [-0.3, -0.25) is 4.90 Å². The number of nitrogens with one attached hydrogen (secondary N) is 2. The fraction of sp³-hybridized carbons (Fsp3) is 0.789. The smallest absolute Gasteiger partial charge is 0.191 e. The molecule has 1 unspecified atom stereocenters. The first-order chi connectivity index (χ1) is 12.2. The largest absolute Gasteiger partial charge is 0.359 e. The highest BCUT2D eigenvalue weighted by molar-refractivity contribution is 5.79. The Morgan fingerprint density at radius 1 is 1.32 bits per heavy atom. The van der Waals surface area contributed by atoms with Gasteiger partial charge in [0.1, 0.15) is 6.54 Å². The van der Waals surface area contributed by atoms with Crippen LogP contribution in [-0.4, -0.2) is 48.2 Å². The van der Waals surface area contributed by atoms with Crippen LogP contribution >= 0.6 is 0 Å². The molecule has 0 saturated carbocycles. The molecule has 2 N–H and O–H groups in total. The molecule has 25 heavy (non-hydrogen) atoms. The number of rotatable bonds is 9.